The summed E-state index contributed by atoms with van der Waals surface area (Å²) in [5.41, 5.74) is 1.84. The quantitative estimate of drug-likeness (QED) is 0.671. The zero-order valence-electron chi connectivity index (χ0n) is 14.7. The Labute approximate surface area is 167 Å². The van der Waals surface area contributed by atoms with E-state index in [0.717, 1.165) is 30.5 Å². The third-order valence-electron chi connectivity index (χ3n) is 4.57. The molecule has 0 bridgehead atoms. The van der Waals surface area contributed by atoms with Crippen LogP contribution in [0.2, 0.25) is 5.02 Å². The molecule has 27 heavy (non-hydrogen) atoms. The number of rotatable bonds is 4. The van der Waals surface area contributed by atoms with Gasteiger partial charge in [0.25, 0.3) is 5.91 Å². The van der Waals surface area contributed by atoms with E-state index in [-0.39, 0.29) is 5.91 Å². The van der Waals surface area contributed by atoms with Gasteiger partial charge in [0.15, 0.2) is 0 Å². The number of halogens is 1. The topological polar surface area (TPSA) is 49.3 Å². The van der Waals surface area contributed by atoms with Gasteiger partial charge in [-0.1, -0.05) is 48.0 Å². The summed E-state index contributed by atoms with van der Waals surface area (Å²) in [4.78, 5) is 21.4. The van der Waals surface area contributed by atoms with Gasteiger partial charge in [0.2, 0.25) is 5.13 Å². The van der Waals surface area contributed by atoms with Gasteiger partial charge in [-0.2, -0.15) is 4.37 Å². The van der Waals surface area contributed by atoms with E-state index in [1.54, 1.807) is 24.3 Å². The van der Waals surface area contributed by atoms with Gasteiger partial charge in [0, 0.05) is 54.7 Å². The monoisotopic (exact) mass is 398 g/mol. The molecule has 1 aromatic heterocycles. The second kappa shape index (κ2) is 8.06. The molecule has 0 radical (unpaired) electrons. The minimum atomic E-state index is 0.0270. The Hall–Kier alpha value is -2.44. The van der Waals surface area contributed by atoms with Crippen LogP contribution in [0.15, 0.2) is 54.6 Å². The first-order chi connectivity index (χ1) is 13.2. The molecule has 0 unspecified atom stereocenters. The largest absolute Gasteiger partial charge is 0.343 e. The van der Waals surface area contributed by atoms with Crippen LogP contribution in [0, 0.1) is 0 Å². The minimum absolute atomic E-state index is 0.0270. The molecule has 7 heteroatoms. The van der Waals surface area contributed by atoms with E-state index in [1.807, 2.05) is 23.1 Å². The molecule has 138 valence electrons. The molecule has 0 saturated carbocycles. The van der Waals surface area contributed by atoms with Crippen LogP contribution in [0.5, 0.6) is 0 Å². The number of aromatic nitrogens is 2. The number of piperazine rings is 1. The summed E-state index contributed by atoms with van der Waals surface area (Å²) in [6.07, 6.45) is 0.741. The third-order valence-corrected chi connectivity index (χ3v) is 5.62. The third kappa shape index (κ3) is 4.28. The summed E-state index contributed by atoms with van der Waals surface area (Å²) in [6.45, 7) is 2.84. The van der Waals surface area contributed by atoms with E-state index in [2.05, 4.69) is 26.4 Å². The normalized spacial score (nSPS) is 14.4. The van der Waals surface area contributed by atoms with Crippen molar-refractivity contribution in [2.24, 2.45) is 0 Å². The molecule has 1 aliphatic heterocycles. The van der Waals surface area contributed by atoms with Crippen molar-refractivity contribution < 1.29 is 4.79 Å². The van der Waals surface area contributed by atoms with Crippen molar-refractivity contribution in [2.75, 3.05) is 31.1 Å². The van der Waals surface area contributed by atoms with Gasteiger partial charge < -0.3 is 9.80 Å². The van der Waals surface area contributed by atoms with Crippen molar-refractivity contribution in [1.82, 2.24) is 14.3 Å². The molecule has 0 atom stereocenters. The van der Waals surface area contributed by atoms with E-state index in [1.165, 1.54) is 17.1 Å². The lowest BCUT2D eigenvalue weighted by Gasteiger charge is -2.34. The van der Waals surface area contributed by atoms with Crippen LogP contribution >= 0.6 is 23.1 Å². The van der Waals surface area contributed by atoms with Crippen molar-refractivity contribution in [3.63, 3.8) is 0 Å². The molecule has 0 spiro atoms. The number of amides is 1. The van der Waals surface area contributed by atoms with Gasteiger partial charge in [-0.05, 0) is 23.8 Å². The molecular weight excluding hydrogens is 380 g/mol. The van der Waals surface area contributed by atoms with Crippen LogP contribution < -0.4 is 4.90 Å². The maximum Gasteiger partial charge on any atom is 0.254 e. The molecular formula is C20H19ClN4OS. The lowest BCUT2D eigenvalue weighted by atomic mass is 10.1. The average Bonchev–Trinajstić information content (AvgIpc) is 3.17. The zero-order chi connectivity index (χ0) is 18.6. The smallest absolute Gasteiger partial charge is 0.254 e. The van der Waals surface area contributed by atoms with Crippen LogP contribution in [-0.4, -0.2) is 46.3 Å². The Bertz CT molecular complexity index is 922. The van der Waals surface area contributed by atoms with E-state index in [9.17, 15) is 4.79 Å². The van der Waals surface area contributed by atoms with Crippen molar-refractivity contribution in [1.29, 1.82) is 0 Å². The summed E-state index contributed by atoms with van der Waals surface area (Å²) in [5.74, 6) is 0.873. The van der Waals surface area contributed by atoms with Crippen LogP contribution in [-0.2, 0) is 6.42 Å². The second-order valence-electron chi connectivity index (χ2n) is 6.45. The van der Waals surface area contributed by atoms with Crippen LogP contribution in [0.1, 0.15) is 21.7 Å². The van der Waals surface area contributed by atoms with Crippen LogP contribution in [0.3, 0.4) is 0 Å². The first kappa shape index (κ1) is 17.9. The Morgan fingerprint density at radius 2 is 1.81 bits per heavy atom. The number of nitrogens with zero attached hydrogens (tertiary/aromatic N) is 4. The number of carbonyl (C=O) groups is 1. The summed E-state index contributed by atoms with van der Waals surface area (Å²) in [5, 5.41) is 1.51. The lowest BCUT2D eigenvalue weighted by Crippen LogP contribution is -2.48. The fraction of sp³-hybridized carbons (Fsp3) is 0.250. The maximum absolute atomic E-state index is 12.6. The zero-order valence-corrected chi connectivity index (χ0v) is 16.3. The molecule has 1 amide bonds. The van der Waals surface area contributed by atoms with Crippen molar-refractivity contribution >= 4 is 34.2 Å². The van der Waals surface area contributed by atoms with Gasteiger partial charge in [-0.3, -0.25) is 4.79 Å². The fourth-order valence-corrected chi connectivity index (χ4v) is 4.06. The predicted molar refractivity (Wildman–Crippen MR) is 109 cm³/mol. The van der Waals surface area contributed by atoms with E-state index in [0.29, 0.717) is 23.7 Å². The number of hydrogen-bond donors (Lipinski definition) is 0. The van der Waals surface area contributed by atoms with Gasteiger partial charge >= 0.3 is 0 Å². The maximum atomic E-state index is 12.6. The molecule has 5 nitrogen and oxygen atoms in total. The first-order valence-corrected chi connectivity index (χ1v) is 10.0. The van der Waals surface area contributed by atoms with Gasteiger partial charge in [0.1, 0.15) is 5.82 Å². The van der Waals surface area contributed by atoms with E-state index in [4.69, 9.17) is 11.6 Å². The van der Waals surface area contributed by atoms with E-state index >= 15 is 0 Å². The Kier molecular flexibility index (Phi) is 5.36. The van der Waals surface area contributed by atoms with Crippen LogP contribution in [0.25, 0.3) is 0 Å². The number of anilines is 1. The number of benzene rings is 2. The minimum Gasteiger partial charge on any atom is -0.343 e. The summed E-state index contributed by atoms with van der Waals surface area (Å²) in [6, 6.07) is 17.3. The molecule has 3 aromatic rings. The van der Waals surface area contributed by atoms with Gasteiger partial charge in [0.05, 0.1) is 0 Å². The first-order valence-electron chi connectivity index (χ1n) is 8.85. The molecule has 0 N–H and O–H groups in total. The highest BCUT2D eigenvalue weighted by atomic mass is 35.5. The summed E-state index contributed by atoms with van der Waals surface area (Å²) >= 11 is 7.43. The van der Waals surface area contributed by atoms with Crippen molar-refractivity contribution in [3.05, 3.63) is 76.6 Å². The highest BCUT2D eigenvalue weighted by Gasteiger charge is 2.24. The highest BCUT2D eigenvalue weighted by molar-refractivity contribution is 7.09. The summed E-state index contributed by atoms with van der Waals surface area (Å²) in [7, 11) is 0. The van der Waals surface area contributed by atoms with Crippen LogP contribution in [0.4, 0.5) is 5.13 Å². The Balaban J connectivity index is 1.36. The summed E-state index contributed by atoms with van der Waals surface area (Å²) < 4.78 is 4.49. The van der Waals surface area contributed by atoms with Crippen molar-refractivity contribution in [2.45, 2.75) is 6.42 Å². The Morgan fingerprint density at radius 1 is 1.04 bits per heavy atom. The molecule has 1 aliphatic rings. The standard InChI is InChI=1S/C20H19ClN4OS/c21-17-8-4-7-16(14-17)19(26)24-9-11-25(12-10-24)20-22-18(23-27-20)13-15-5-2-1-3-6-15/h1-8,14H,9-13H2. The van der Waals surface area contributed by atoms with Crippen molar-refractivity contribution in [3.8, 4) is 0 Å². The van der Waals surface area contributed by atoms with Gasteiger partial charge in [-0.25, -0.2) is 4.98 Å². The number of carbonyl (C=O) groups excluding carboxylic acids is 1. The van der Waals surface area contributed by atoms with E-state index < -0.39 is 0 Å². The lowest BCUT2D eigenvalue weighted by molar-refractivity contribution is 0.0747. The van der Waals surface area contributed by atoms with Gasteiger partial charge in [-0.15, -0.1) is 0 Å². The SMILES string of the molecule is O=C(c1cccc(Cl)c1)N1CCN(c2nc(Cc3ccccc3)ns2)CC1. The highest BCUT2D eigenvalue weighted by Crippen LogP contribution is 2.21. The number of hydrogen-bond acceptors (Lipinski definition) is 5. The molecule has 2 aromatic carbocycles. The predicted octanol–water partition coefficient (Wildman–Crippen LogP) is 3.74. The molecule has 1 saturated heterocycles. The second-order valence-corrected chi connectivity index (χ2v) is 7.61. The molecule has 1 fully saturated rings. The molecule has 4 rings (SSSR count). The average molecular weight is 399 g/mol. The Morgan fingerprint density at radius 3 is 2.56 bits per heavy atom. The molecule has 2 heterocycles. The fourth-order valence-electron chi connectivity index (χ4n) is 3.13. The molecule has 0 aliphatic carbocycles.